The van der Waals surface area contributed by atoms with Crippen molar-refractivity contribution >= 4 is 11.0 Å². The molecule has 0 spiro atoms. The smallest absolute Gasteiger partial charge is 0.134 e. The van der Waals surface area contributed by atoms with Crippen molar-refractivity contribution in [3.8, 4) is 0 Å². The maximum Gasteiger partial charge on any atom is 0.134 e. The molecule has 3 heteroatoms. The van der Waals surface area contributed by atoms with Crippen molar-refractivity contribution in [3.05, 3.63) is 35.6 Å². The van der Waals surface area contributed by atoms with Gasteiger partial charge in [-0.1, -0.05) is 25.1 Å². The highest BCUT2D eigenvalue weighted by Crippen LogP contribution is 2.35. The molecule has 1 aromatic carbocycles. The van der Waals surface area contributed by atoms with Crippen LogP contribution < -0.4 is 5.73 Å². The Bertz CT molecular complexity index is 619. The fourth-order valence-corrected chi connectivity index (χ4v) is 3.77. The molecule has 1 aliphatic heterocycles. The molecular weight excluding hydrogens is 260 g/mol. The van der Waals surface area contributed by atoms with Crippen molar-refractivity contribution in [3.63, 3.8) is 0 Å². The molecule has 2 heterocycles. The minimum Gasteiger partial charge on any atom is -0.459 e. The monoisotopic (exact) mass is 286 g/mol. The molecule has 0 saturated carbocycles. The van der Waals surface area contributed by atoms with Crippen molar-refractivity contribution in [2.24, 2.45) is 5.73 Å². The number of hydrogen-bond acceptors (Lipinski definition) is 3. The number of piperidine rings is 1. The van der Waals surface area contributed by atoms with Crippen LogP contribution in [0.5, 0.6) is 0 Å². The summed E-state index contributed by atoms with van der Waals surface area (Å²) in [6, 6.07) is 9.56. The minimum absolute atomic E-state index is 0.315. The first kappa shape index (κ1) is 14.6. The highest BCUT2D eigenvalue weighted by atomic mass is 16.3. The van der Waals surface area contributed by atoms with E-state index in [1.54, 1.807) is 0 Å². The summed E-state index contributed by atoms with van der Waals surface area (Å²) in [4.78, 5) is 2.54. The van der Waals surface area contributed by atoms with E-state index in [2.05, 4.69) is 43.9 Å². The number of nitrogens with two attached hydrogens (primary N) is 1. The van der Waals surface area contributed by atoms with Crippen LogP contribution in [0.1, 0.15) is 51.0 Å². The molecule has 21 heavy (non-hydrogen) atoms. The maximum absolute atomic E-state index is 6.21. The van der Waals surface area contributed by atoms with E-state index in [0.29, 0.717) is 18.1 Å². The zero-order chi connectivity index (χ0) is 15.0. The van der Waals surface area contributed by atoms with E-state index < -0.39 is 0 Å². The second-order valence-corrected chi connectivity index (χ2v) is 6.34. The number of rotatable bonds is 3. The highest BCUT2D eigenvalue weighted by molar-refractivity contribution is 5.82. The van der Waals surface area contributed by atoms with Gasteiger partial charge in [0, 0.05) is 29.6 Å². The molecule has 3 unspecified atom stereocenters. The molecule has 3 nitrogen and oxygen atoms in total. The van der Waals surface area contributed by atoms with Gasteiger partial charge < -0.3 is 10.2 Å². The third-order valence-electron chi connectivity index (χ3n) is 4.93. The van der Waals surface area contributed by atoms with Crippen molar-refractivity contribution in [2.75, 3.05) is 6.54 Å². The number of para-hydroxylation sites is 1. The van der Waals surface area contributed by atoms with Gasteiger partial charge in [0.1, 0.15) is 11.3 Å². The van der Waals surface area contributed by atoms with Gasteiger partial charge >= 0.3 is 0 Å². The van der Waals surface area contributed by atoms with Crippen LogP contribution in [0.3, 0.4) is 0 Å². The summed E-state index contributed by atoms with van der Waals surface area (Å²) < 4.78 is 6.21. The zero-order valence-corrected chi connectivity index (χ0v) is 13.3. The lowest BCUT2D eigenvalue weighted by atomic mass is 9.95. The lowest BCUT2D eigenvalue weighted by Gasteiger charge is -2.39. The summed E-state index contributed by atoms with van der Waals surface area (Å²) in [5.74, 6) is 1.14. The van der Waals surface area contributed by atoms with Crippen LogP contribution in [0.25, 0.3) is 11.0 Å². The topological polar surface area (TPSA) is 42.4 Å². The molecule has 114 valence electrons. The average Bonchev–Trinajstić information content (AvgIpc) is 2.85. The number of hydrogen-bond donors (Lipinski definition) is 1. The van der Waals surface area contributed by atoms with Crippen molar-refractivity contribution in [1.82, 2.24) is 4.90 Å². The number of fused-ring (bicyclic) bond motifs is 1. The SMILES string of the molecule is CCc1c(C(C)N2CCC(N)CC2C)oc2ccccc12. The van der Waals surface area contributed by atoms with Crippen LogP contribution >= 0.6 is 0 Å². The molecule has 2 aromatic rings. The largest absolute Gasteiger partial charge is 0.459 e. The van der Waals surface area contributed by atoms with Crippen LogP contribution in [0, 0.1) is 0 Å². The zero-order valence-electron chi connectivity index (χ0n) is 13.3. The van der Waals surface area contributed by atoms with Crippen molar-refractivity contribution in [2.45, 2.75) is 58.2 Å². The molecule has 0 aliphatic carbocycles. The molecule has 0 radical (unpaired) electrons. The summed E-state index contributed by atoms with van der Waals surface area (Å²) in [5.41, 5.74) is 8.47. The summed E-state index contributed by atoms with van der Waals surface area (Å²) in [6.45, 7) is 7.82. The molecular formula is C18H26N2O. The van der Waals surface area contributed by atoms with Gasteiger partial charge in [0.2, 0.25) is 0 Å². The summed E-state index contributed by atoms with van der Waals surface area (Å²) >= 11 is 0. The molecule has 0 bridgehead atoms. The Morgan fingerprint density at radius 1 is 1.38 bits per heavy atom. The van der Waals surface area contributed by atoms with Gasteiger partial charge in [-0.05, 0) is 39.2 Å². The third kappa shape index (κ3) is 2.60. The average molecular weight is 286 g/mol. The van der Waals surface area contributed by atoms with Gasteiger partial charge in [-0.3, -0.25) is 4.90 Å². The second-order valence-electron chi connectivity index (χ2n) is 6.34. The number of aryl methyl sites for hydroxylation is 1. The molecule has 3 rings (SSSR count). The van der Waals surface area contributed by atoms with E-state index in [0.717, 1.165) is 37.2 Å². The Morgan fingerprint density at radius 2 is 2.14 bits per heavy atom. The van der Waals surface area contributed by atoms with Gasteiger partial charge in [-0.25, -0.2) is 0 Å². The predicted molar refractivity (Wildman–Crippen MR) is 87.4 cm³/mol. The molecule has 2 N–H and O–H groups in total. The maximum atomic E-state index is 6.21. The Balaban J connectivity index is 1.95. The summed E-state index contributed by atoms with van der Waals surface area (Å²) in [6.07, 6.45) is 3.17. The molecule has 1 saturated heterocycles. The standard InChI is InChI=1S/C18H26N2O/c1-4-15-16-7-5-6-8-17(16)21-18(15)13(3)20-10-9-14(19)11-12(20)2/h5-8,12-14H,4,9-11,19H2,1-3H3. The first-order valence-corrected chi connectivity index (χ1v) is 8.13. The lowest BCUT2D eigenvalue weighted by molar-refractivity contribution is 0.0930. The van der Waals surface area contributed by atoms with E-state index in [9.17, 15) is 0 Å². The highest BCUT2D eigenvalue weighted by Gasteiger charge is 2.30. The van der Waals surface area contributed by atoms with E-state index in [-0.39, 0.29) is 0 Å². The minimum atomic E-state index is 0.315. The van der Waals surface area contributed by atoms with E-state index in [1.165, 1.54) is 10.9 Å². The van der Waals surface area contributed by atoms with Gasteiger partial charge in [-0.2, -0.15) is 0 Å². The van der Waals surface area contributed by atoms with Crippen molar-refractivity contribution < 1.29 is 4.42 Å². The van der Waals surface area contributed by atoms with Crippen LogP contribution in [-0.2, 0) is 6.42 Å². The van der Waals surface area contributed by atoms with Crippen molar-refractivity contribution in [1.29, 1.82) is 0 Å². The second kappa shape index (κ2) is 5.82. The van der Waals surface area contributed by atoms with Crippen LogP contribution in [-0.4, -0.2) is 23.5 Å². The van der Waals surface area contributed by atoms with E-state index in [4.69, 9.17) is 10.2 Å². The number of nitrogens with zero attached hydrogens (tertiary/aromatic N) is 1. The lowest BCUT2D eigenvalue weighted by Crippen LogP contribution is -2.46. The van der Waals surface area contributed by atoms with E-state index in [1.807, 2.05) is 6.07 Å². The molecule has 1 aliphatic rings. The molecule has 0 amide bonds. The molecule has 3 atom stereocenters. The Morgan fingerprint density at radius 3 is 2.86 bits per heavy atom. The summed E-state index contributed by atoms with van der Waals surface area (Å²) in [7, 11) is 0. The van der Waals surface area contributed by atoms with Gasteiger partial charge in [-0.15, -0.1) is 0 Å². The number of furan rings is 1. The number of benzene rings is 1. The Kier molecular flexibility index (Phi) is 4.05. The quantitative estimate of drug-likeness (QED) is 0.931. The van der Waals surface area contributed by atoms with Crippen LogP contribution in [0.2, 0.25) is 0 Å². The first-order valence-electron chi connectivity index (χ1n) is 8.13. The summed E-state index contributed by atoms with van der Waals surface area (Å²) in [5, 5.41) is 1.27. The van der Waals surface area contributed by atoms with Gasteiger partial charge in [0.05, 0.1) is 6.04 Å². The third-order valence-corrected chi connectivity index (χ3v) is 4.93. The van der Waals surface area contributed by atoms with Gasteiger partial charge in [0.15, 0.2) is 0 Å². The van der Waals surface area contributed by atoms with E-state index >= 15 is 0 Å². The predicted octanol–water partition coefficient (Wildman–Crippen LogP) is 3.87. The van der Waals surface area contributed by atoms with Crippen LogP contribution in [0.4, 0.5) is 0 Å². The molecule has 1 aromatic heterocycles. The Hall–Kier alpha value is -1.32. The van der Waals surface area contributed by atoms with Gasteiger partial charge in [0.25, 0.3) is 0 Å². The first-order chi connectivity index (χ1) is 10.1. The fourth-order valence-electron chi connectivity index (χ4n) is 3.77. The number of likely N-dealkylation sites (tertiary alicyclic amines) is 1. The normalized spacial score (nSPS) is 25.3. The fraction of sp³-hybridized carbons (Fsp3) is 0.556. The molecule has 1 fully saturated rings. The van der Waals surface area contributed by atoms with Crippen LogP contribution in [0.15, 0.2) is 28.7 Å². The Labute approximate surface area is 127 Å².